The zero-order chi connectivity index (χ0) is 22.8. The maximum absolute atomic E-state index is 13.2. The summed E-state index contributed by atoms with van der Waals surface area (Å²) in [5.74, 6) is 0.519. The fourth-order valence-electron chi connectivity index (χ4n) is 3.88. The number of aryl methyl sites for hydroxylation is 1. The number of benzene rings is 1. The van der Waals surface area contributed by atoms with Gasteiger partial charge in [-0.2, -0.15) is 8.42 Å². The van der Waals surface area contributed by atoms with Crippen LogP contribution in [0.3, 0.4) is 0 Å². The van der Waals surface area contributed by atoms with Crippen molar-refractivity contribution in [1.82, 2.24) is 9.80 Å². The van der Waals surface area contributed by atoms with Gasteiger partial charge in [0, 0.05) is 12.1 Å². The number of cyclic esters (lactones) is 1. The Morgan fingerprint density at radius 3 is 2.07 bits per heavy atom. The lowest BCUT2D eigenvalue weighted by molar-refractivity contribution is 0.149. The second-order valence-electron chi connectivity index (χ2n) is 8.80. The van der Waals surface area contributed by atoms with E-state index in [1.54, 1.807) is 29.2 Å². The summed E-state index contributed by atoms with van der Waals surface area (Å²) in [6.45, 7) is 16.0. The Bertz CT molecular complexity index is 868. The second-order valence-corrected chi connectivity index (χ2v) is 10.4. The third-order valence-electron chi connectivity index (χ3n) is 5.42. The van der Waals surface area contributed by atoms with Gasteiger partial charge in [0.1, 0.15) is 12.4 Å². The highest BCUT2D eigenvalue weighted by Crippen LogP contribution is 2.26. The van der Waals surface area contributed by atoms with Gasteiger partial charge in [-0.3, -0.25) is 4.90 Å². The Morgan fingerprint density at radius 1 is 1.07 bits per heavy atom. The molecule has 7 nitrogen and oxygen atoms in total. The number of carbonyl (C=O) groups excluding carboxylic acids is 1. The molecule has 0 N–H and O–H groups in total. The molecule has 1 aromatic rings. The molecule has 0 saturated carbocycles. The third-order valence-corrected chi connectivity index (χ3v) is 6.71. The quantitative estimate of drug-likeness (QED) is 0.475. The summed E-state index contributed by atoms with van der Waals surface area (Å²) in [6.07, 6.45) is -0.436. The molecule has 0 aromatic heterocycles. The molecule has 2 rings (SSSR count). The Labute approximate surface area is 181 Å². The SMILES string of the molecule is Cc1ccc(S(=O)(=O)/N=C(/C(C)N2C(=O)OC[C@@H]2C(C)C)N(C(C)C)C(C)C)cc1. The average molecular weight is 438 g/mol. The van der Waals surface area contributed by atoms with E-state index in [1.165, 1.54) is 0 Å². The van der Waals surface area contributed by atoms with Crippen LogP contribution in [0.5, 0.6) is 0 Å². The van der Waals surface area contributed by atoms with Crippen LogP contribution in [-0.2, 0) is 14.8 Å². The topological polar surface area (TPSA) is 79.3 Å². The molecule has 1 unspecified atom stereocenters. The first-order valence-corrected chi connectivity index (χ1v) is 12.0. The number of amides is 1. The molecule has 1 saturated heterocycles. The molecule has 1 aliphatic heterocycles. The van der Waals surface area contributed by atoms with Gasteiger partial charge >= 0.3 is 6.09 Å². The molecular formula is C22H35N3O4S. The van der Waals surface area contributed by atoms with E-state index in [1.807, 2.05) is 60.3 Å². The summed E-state index contributed by atoms with van der Waals surface area (Å²) in [4.78, 5) is 16.3. The molecule has 1 amide bonds. The molecule has 1 aliphatic rings. The summed E-state index contributed by atoms with van der Waals surface area (Å²) in [5.41, 5.74) is 0.970. The van der Waals surface area contributed by atoms with Crippen LogP contribution in [0.2, 0.25) is 0 Å². The van der Waals surface area contributed by atoms with Crippen molar-refractivity contribution in [2.24, 2.45) is 10.3 Å². The summed E-state index contributed by atoms with van der Waals surface area (Å²) in [6, 6.07) is 5.92. The molecule has 0 radical (unpaired) electrons. The first-order valence-electron chi connectivity index (χ1n) is 10.5. The molecule has 2 atom stereocenters. The maximum atomic E-state index is 13.2. The molecule has 1 fully saturated rings. The lowest BCUT2D eigenvalue weighted by Crippen LogP contribution is -2.55. The lowest BCUT2D eigenvalue weighted by Gasteiger charge is -2.40. The largest absolute Gasteiger partial charge is 0.447 e. The van der Waals surface area contributed by atoms with E-state index >= 15 is 0 Å². The van der Waals surface area contributed by atoms with Crippen LogP contribution < -0.4 is 0 Å². The molecule has 0 spiro atoms. The van der Waals surface area contributed by atoms with Crippen molar-refractivity contribution in [1.29, 1.82) is 0 Å². The van der Waals surface area contributed by atoms with Gasteiger partial charge in [0.15, 0.2) is 0 Å². The van der Waals surface area contributed by atoms with Crippen molar-refractivity contribution in [2.45, 2.75) is 84.5 Å². The van der Waals surface area contributed by atoms with E-state index in [-0.39, 0.29) is 28.9 Å². The van der Waals surface area contributed by atoms with E-state index < -0.39 is 22.2 Å². The van der Waals surface area contributed by atoms with Gasteiger partial charge in [-0.1, -0.05) is 31.5 Å². The average Bonchev–Trinajstić information content (AvgIpc) is 3.02. The minimum absolute atomic E-state index is 0.00413. The lowest BCUT2D eigenvalue weighted by atomic mass is 10.0. The highest BCUT2D eigenvalue weighted by molar-refractivity contribution is 7.90. The minimum Gasteiger partial charge on any atom is -0.447 e. The number of sulfonamides is 1. The first-order chi connectivity index (χ1) is 13.9. The van der Waals surface area contributed by atoms with Gasteiger partial charge in [-0.25, -0.2) is 4.79 Å². The molecule has 1 heterocycles. The van der Waals surface area contributed by atoms with Gasteiger partial charge in [0.25, 0.3) is 10.0 Å². The molecule has 0 aliphatic carbocycles. The molecule has 8 heteroatoms. The van der Waals surface area contributed by atoms with Crippen LogP contribution in [0.1, 0.15) is 54.0 Å². The molecule has 0 bridgehead atoms. The van der Waals surface area contributed by atoms with E-state index in [2.05, 4.69) is 4.40 Å². The number of hydrogen-bond donors (Lipinski definition) is 0. The Hall–Kier alpha value is -2.09. The van der Waals surface area contributed by atoms with Crippen LogP contribution >= 0.6 is 0 Å². The Kier molecular flexibility index (Phi) is 7.55. The van der Waals surface area contributed by atoms with Crippen molar-refractivity contribution in [3.05, 3.63) is 29.8 Å². The number of hydrogen-bond acceptors (Lipinski definition) is 4. The van der Waals surface area contributed by atoms with Crippen LogP contribution in [0.15, 0.2) is 33.6 Å². The standard InChI is InChI=1S/C22H35N3O4S/c1-14(2)20-13-29-22(26)25(20)18(8)21(24(15(3)4)16(5)6)23-30(27,28)19-11-9-17(7)10-12-19/h9-12,14-16,18,20H,13H2,1-8H3/b23-21-/t18?,20-/m1/s1. The first kappa shape index (κ1) is 24.2. The zero-order valence-electron chi connectivity index (χ0n) is 19.3. The minimum atomic E-state index is -3.95. The predicted molar refractivity (Wildman–Crippen MR) is 119 cm³/mol. The van der Waals surface area contributed by atoms with Crippen LogP contribution in [-0.4, -0.2) is 60.9 Å². The fraction of sp³-hybridized carbons (Fsp3) is 0.636. The Balaban J connectivity index is 2.61. The molecule has 168 valence electrons. The highest BCUT2D eigenvalue weighted by atomic mass is 32.2. The monoisotopic (exact) mass is 437 g/mol. The van der Waals surface area contributed by atoms with Crippen LogP contribution in [0, 0.1) is 12.8 Å². The third kappa shape index (κ3) is 5.14. The van der Waals surface area contributed by atoms with Crippen LogP contribution in [0.25, 0.3) is 0 Å². The normalized spacial score (nSPS) is 19.0. The summed E-state index contributed by atoms with van der Waals surface area (Å²) in [5, 5.41) is 0. The van der Waals surface area contributed by atoms with Gasteiger partial charge in [0.05, 0.1) is 17.0 Å². The molecular weight excluding hydrogens is 402 g/mol. The molecule has 1 aromatic carbocycles. The van der Waals surface area contributed by atoms with E-state index in [0.717, 1.165) is 5.56 Å². The van der Waals surface area contributed by atoms with Crippen molar-refractivity contribution in [2.75, 3.05) is 6.61 Å². The van der Waals surface area contributed by atoms with Crippen molar-refractivity contribution in [3.8, 4) is 0 Å². The number of nitrogens with zero attached hydrogens (tertiary/aromatic N) is 3. The molecule has 30 heavy (non-hydrogen) atoms. The van der Waals surface area contributed by atoms with Crippen LogP contribution in [0.4, 0.5) is 4.79 Å². The second kappa shape index (κ2) is 9.37. The van der Waals surface area contributed by atoms with Crippen molar-refractivity contribution >= 4 is 22.0 Å². The van der Waals surface area contributed by atoms with Gasteiger partial charge in [-0.05, 0) is 59.6 Å². The predicted octanol–water partition coefficient (Wildman–Crippen LogP) is 4.07. The number of ether oxygens (including phenoxy) is 1. The van der Waals surface area contributed by atoms with Crippen molar-refractivity contribution < 1.29 is 17.9 Å². The van der Waals surface area contributed by atoms with Gasteiger partial charge < -0.3 is 9.64 Å². The summed E-state index contributed by atoms with van der Waals surface area (Å²) >= 11 is 0. The van der Waals surface area contributed by atoms with E-state index in [4.69, 9.17) is 4.74 Å². The van der Waals surface area contributed by atoms with E-state index in [0.29, 0.717) is 12.4 Å². The maximum Gasteiger partial charge on any atom is 0.410 e. The number of amidine groups is 1. The Morgan fingerprint density at radius 2 is 1.60 bits per heavy atom. The smallest absolute Gasteiger partial charge is 0.410 e. The number of rotatable bonds is 7. The van der Waals surface area contributed by atoms with Crippen molar-refractivity contribution in [3.63, 3.8) is 0 Å². The summed E-state index contributed by atoms with van der Waals surface area (Å²) in [7, 11) is -3.95. The van der Waals surface area contributed by atoms with Gasteiger partial charge in [0.2, 0.25) is 0 Å². The van der Waals surface area contributed by atoms with Gasteiger partial charge in [-0.15, -0.1) is 4.40 Å². The van der Waals surface area contributed by atoms with E-state index in [9.17, 15) is 13.2 Å². The summed E-state index contributed by atoms with van der Waals surface area (Å²) < 4.78 is 35.9. The zero-order valence-corrected chi connectivity index (χ0v) is 20.1. The number of carbonyl (C=O) groups is 1. The highest BCUT2D eigenvalue weighted by Gasteiger charge is 2.42. The fourth-order valence-corrected chi connectivity index (χ4v) is 4.96.